The van der Waals surface area contributed by atoms with Crippen LogP contribution in [0.25, 0.3) is 0 Å². The van der Waals surface area contributed by atoms with Gasteiger partial charge in [0.25, 0.3) is 0 Å². The SMILES string of the molecule is C=CCOc1ccc([C@@H]2C(C(=O)OCC(C)C)=C(C)N=C3SCCC(=O)N32)cc1. The van der Waals surface area contributed by atoms with E-state index in [2.05, 4.69) is 11.6 Å². The molecule has 1 amide bonds. The zero-order chi connectivity index (χ0) is 21.0. The van der Waals surface area contributed by atoms with E-state index in [0.717, 1.165) is 5.56 Å². The zero-order valence-electron chi connectivity index (χ0n) is 17.0. The first kappa shape index (κ1) is 21.2. The number of rotatable bonds is 7. The van der Waals surface area contributed by atoms with Gasteiger partial charge in [-0.15, -0.1) is 0 Å². The van der Waals surface area contributed by atoms with E-state index in [1.165, 1.54) is 11.8 Å². The monoisotopic (exact) mass is 414 g/mol. The second-order valence-electron chi connectivity index (χ2n) is 7.32. The van der Waals surface area contributed by atoms with Crippen LogP contribution >= 0.6 is 11.8 Å². The van der Waals surface area contributed by atoms with Crippen molar-refractivity contribution in [1.29, 1.82) is 0 Å². The molecule has 1 aromatic rings. The minimum Gasteiger partial charge on any atom is -0.490 e. The van der Waals surface area contributed by atoms with Crippen LogP contribution < -0.4 is 4.74 Å². The maximum Gasteiger partial charge on any atom is 0.338 e. The topological polar surface area (TPSA) is 68.2 Å². The van der Waals surface area contributed by atoms with Crippen LogP contribution in [-0.2, 0) is 14.3 Å². The molecule has 0 radical (unpaired) electrons. The molecule has 2 heterocycles. The maximum absolute atomic E-state index is 13.0. The normalized spacial score (nSPS) is 19.0. The number of allylic oxidation sites excluding steroid dienone is 1. The lowest BCUT2D eigenvalue weighted by molar-refractivity contribution is -0.141. The molecular formula is C22H26N2O4S. The van der Waals surface area contributed by atoms with Gasteiger partial charge in [-0.25, -0.2) is 9.79 Å². The molecule has 29 heavy (non-hydrogen) atoms. The second kappa shape index (κ2) is 9.31. The van der Waals surface area contributed by atoms with E-state index in [1.807, 2.05) is 38.1 Å². The Bertz CT molecular complexity index is 858. The number of esters is 1. The lowest BCUT2D eigenvalue weighted by atomic mass is 9.94. The summed E-state index contributed by atoms with van der Waals surface area (Å²) in [5.74, 6) is 1.13. The number of carbonyl (C=O) groups is 2. The average Bonchev–Trinajstić information content (AvgIpc) is 2.70. The molecule has 0 saturated carbocycles. The van der Waals surface area contributed by atoms with Gasteiger partial charge in [-0.05, 0) is 30.5 Å². The summed E-state index contributed by atoms with van der Waals surface area (Å²) in [6.45, 7) is 10.1. The van der Waals surface area contributed by atoms with Crippen molar-refractivity contribution in [1.82, 2.24) is 4.90 Å². The maximum atomic E-state index is 13.0. The van der Waals surface area contributed by atoms with Gasteiger partial charge >= 0.3 is 5.97 Å². The lowest BCUT2D eigenvalue weighted by Gasteiger charge is -2.39. The summed E-state index contributed by atoms with van der Waals surface area (Å²) in [6.07, 6.45) is 2.09. The number of amidine groups is 1. The predicted molar refractivity (Wildman–Crippen MR) is 115 cm³/mol. The van der Waals surface area contributed by atoms with Crippen LogP contribution in [0, 0.1) is 5.92 Å². The first-order chi connectivity index (χ1) is 13.9. The van der Waals surface area contributed by atoms with Gasteiger partial charge in [0.1, 0.15) is 12.4 Å². The van der Waals surface area contributed by atoms with Crippen molar-refractivity contribution < 1.29 is 19.1 Å². The third-order valence-corrected chi connectivity index (χ3v) is 5.49. The number of benzene rings is 1. The average molecular weight is 415 g/mol. The molecule has 3 rings (SSSR count). The van der Waals surface area contributed by atoms with Gasteiger partial charge in [0.15, 0.2) is 5.17 Å². The van der Waals surface area contributed by atoms with E-state index < -0.39 is 12.0 Å². The van der Waals surface area contributed by atoms with Crippen LogP contribution in [0.4, 0.5) is 0 Å². The molecule has 0 N–H and O–H groups in total. The van der Waals surface area contributed by atoms with Crippen molar-refractivity contribution >= 4 is 28.8 Å². The number of amides is 1. The molecule has 1 saturated heterocycles. The summed E-state index contributed by atoms with van der Waals surface area (Å²) in [5, 5.41) is 0.635. The summed E-state index contributed by atoms with van der Waals surface area (Å²) < 4.78 is 11.1. The van der Waals surface area contributed by atoms with Crippen LogP contribution in [0.1, 0.15) is 38.8 Å². The molecule has 1 aromatic carbocycles. The lowest BCUT2D eigenvalue weighted by Crippen LogP contribution is -2.45. The Balaban J connectivity index is 2.00. The zero-order valence-corrected chi connectivity index (χ0v) is 17.8. The Kier molecular flexibility index (Phi) is 6.79. The molecule has 6 nitrogen and oxygen atoms in total. The fourth-order valence-electron chi connectivity index (χ4n) is 3.19. The Hall–Kier alpha value is -2.54. The van der Waals surface area contributed by atoms with Crippen molar-refractivity contribution in [3.8, 4) is 5.75 Å². The van der Waals surface area contributed by atoms with E-state index in [1.54, 1.807) is 17.9 Å². The van der Waals surface area contributed by atoms with Crippen LogP contribution in [0.3, 0.4) is 0 Å². The van der Waals surface area contributed by atoms with Gasteiger partial charge in [0, 0.05) is 12.2 Å². The predicted octanol–water partition coefficient (Wildman–Crippen LogP) is 4.10. The minimum absolute atomic E-state index is 0.0406. The molecule has 1 atom stereocenters. The standard InChI is InChI=1S/C22H26N2O4S/c1-5-11-27-17-8-6-16(7-9-17)20-19(21(26)28-13-14(2)3)15(4)23-22-24(20)18(25)10-12-29-22/h5-9,14,20H,1,10-13H2,2-4H3/t20-/m1/s1. The highest BCUT2D eigenvalue weighted by Gasteiger charge is 2.41. The third kappa shape index (κ3) is 4.72. The van der Waals surface area contributed by atoms with Crippen LogP contribution in [0.2, 0.25) is 0 Å². The molecule has 2 aliphatic rings. The molecule has 2 aliphatic heterocycles. The van der Waals surface area contributed by atoms with E-state index >= 15 is 0 Å². The van der Waals surface area contributed by atoms with Crippen LogP contribution in [0.5, 0.6) is 5.75 Å². The summed E-state index contributed by atoms with van der Waals surface area (Å²) in [7, 11) is 0. The Morgan fingerprint density at radius 2 is 2.10 bits per heavy atom. The fraction of sp³-hybridized carbons (Fsp3) is 0.409. The van der Waals surface area contributed by atoms with Crippen molar-refractivity contribution in [3.63, 3.8) is 0 Å². The van der Waals surface area contributed by atoms with Gasteiger partial charge in [0.05, 0.1) is 23.9 Å². The summed E-state index contributed by atoms with van der Waals surface area (Å²) in [5.41, 5.74) is 1.81. The summed E-state index contributed by atoms with van der Waals surface area (Å²) >= 11 is 1.53. The molecule has 7 heteroatoms. The number of hydrogen-bond donors (Lipinski definition) is 0. The highest BCUT2D eigenvalue weighted by Crippen LogP contribution is 2.40. The van der Waals surface area contributed by atoms with Crippen LogP contribution in [0.15, 0.2) is 53.2 Å². The molecule has 0 spiro atoms. The number of ether oxygens (including phenoxy) is 2. The van der Waals surface area contributed by atoms with Gasteiger partial charge < -0.3 is 9.47 Å². The number of hydrogen-bond acceptors (Lipinski definition) is 6. The molecular weight excluding hydrogens is 388 g/mol. The van der Waals surface area contributed by atoms with Gasteiger partial charge in [-0.1, -0.05) is 50.4 Å². The first-order valence-corrected chi connectivity index (χ1v) is 10.7. The molecule has 1 fully saturated rings. The third-order valence-electron chi connectivity index (χ3n) is 4.54. The number of fused-ring (bicyclic) bond motifs is 1. The van der Waals surface area contributed by atoms with E-state index in [9.17, 15) is 9.59 Å². The van der Waals surface area contributed by atoms with Crippen molar-refractivity contribution in [2.24, 2.45) is 10.9 Å². The fourth-order valence-corrected chi connectivity index (χ4v) is 4.20. The molecule has 0 bridgehead atoms. The van der Waals surface area contributed by atoms with Gasteiger partial charge in [-0.3, -0.25) is 9.69 Å². The smallest absolute Gasteiger partial charge is 0.338 e. The summed E-state index contributed by atoms with van der Waals surface area (Å²) in [4.78, 5) is 31.9. The van der Waals surface area contributed by atoms with Crippen molar-refractivity contribution in [2.45, 2.75) is 33.2 Å². The highest BCUT2D eigenvalue weighted by atomic mass is 32.2. The number of thioether (sulfide) groups is 1. The number of carbonyl (C=O) groups excluding carboxylic acids is 2. The first-order valence-electron chi connectivity index (χ1n) is 9.67. The number of aliphatic imine (C=N–C) groups is 1. The highest BCUT2D eigenvalue weighted by molar-refractivity contribution is 8.14. The van der Waals surface area contributed by atoms with Crippen LogP contribution in [-0.4, -0.2) is 40.9 Å². The van der Waals surface area contributed by atoms with Gasteiger partial charge in [-0.2, -0.15) is 0 Å². The largest absolute Gasteiger partial charge is 0.490 e. The van der Waals surface area contributed by atoms with Crippen molar-refractivity contribution in [2.75, 3.05) is 19.0 Å². The van der Waals surface area contributed by atoms with E-state index in [0.29, 0.717) is 47.6 Å². The van der Waals surface area contributed by atoms with E-state index in [4.69, 9.17) is 9.47 Å². The number of nitrogens with zero attached hydrogens (tertiary/aromatic N) is 2. The Labute approximate surface area is 175 Å². The molecule has 154 valence electrons. The van der Waals surface area contributed by atoms with Crippen molar-refractivity contribution in [3.05, 3.63) is 53.8 Å². The minimum atomic E-state index is -0.559. The molecule has 0 unspecified atom stereocenters. The second-order valence-corrected chi connectivity index (χ2v) is 8.38. The molecule has 0 aliphatic carbocycles. The molecule has 0 aromatic heterocycles. The van der Waals surface area contributed by atoms with E-state index in [-0.39, 0.29) is 11.8 Å². The quantitative estimate of drug-likeness (QED) is 0.496. The van der Waals surface area contributed by atoms with Gasteiger partial charge in [0.2, 0.25) is 5.91 Å². The Morgan fingerprint density at radius 3 is 2.76 bits per heavy atom. The summed E-state index contributed by atoms with van der Waals surface area (Å²) in [6, 6.07) is 6.86. The Morgan fingerprint density at radius 1 is 1.38 bits per heavy atom.